The van der Waals surface area contributed by atoms with Gasteiger partial charge in [0, 0.05) is 5.54 Å². The van der Waals surface area contributed by atoms with Crippen LogP contribution in [0.3, 0.4) is 0 Å². The molecule has 1 heterocycles. The average Bonchev–Trinajstić information content (AvgIpc) is 2.59. The molecule has 1 saturated heterocycles. The molecular formula is C14H27NO2. The third kappa shape index (κ3) is 3.94. The quantitative estimate of drug-likeness (QED) is 0.823. The van der Waals surface area contributed by atoms with Crippen LogP contribution in [0.1, 0.15) is 58.8 Å². The van der Waals surface area contributed by atoms with Crippen molar-refractivity contribution in [2.24, 2.45) is 5.73 Å². The van der Waals surface area contributed by atoms with Crippen molar-refractivity contribution in [2.45, 2.75) is 76.0 Å². The number of hydrogen-bond acceptors (Lipinski definition) is 3. The van der Waals surface area contributed by atoms with Gasteiger partial charge in [-0.25, -0.2) is 0 Å². The molecule has 1 saturated carbocycles. The summed E-state index contributed by atoms with van der Waals surface area (Å²) >= 11 is 0. The van der Waals surface area contributed by atoms with E-state index in [1.165, 1.54) is 19.3 Å². The molecule has 0 amide bonds. The Labute approximate surface area is 105 Å². The van der Waals surface area contributed by atoms with Crippen molar-refractivity contribution >= 4 is 0 Å². The van der Waals surface area contributed by atoms with Crippen molar-refractivity contribution in [3.63, 3.8) is 0 Å². The fraction of sp³-hybridized carbons (Fsp3) is 1.00. The second-order valence-electron chi connectivity index (χ2n) is 6.48. The first-order chi connectivity index (χ1) is 7.99. The van der Waals surface area contributed by atoms with Gasteiger partial charge in [0.1, 0.15) is 0 Å². The fourth-order valence-corrected chi connectivity index (χ4v) is 2.99. The van der Waals surface area contributed by atoms with E-state index in [2.05, 4.69) is 13.8 Å². The van der Waals surface area contributed by atoms with Crippen molar-refractivity contribution in [1.29, 1.82) is 0 Å². The zero-order valence-electron chi connectivity index (χ0n) is 11.3. The summed E-state index contributed by atoms with van der Waals surface area (Å²) in [6, 6.07) is 0. The maximum absolute atomic E-state index is 6.33. The van der Waals surface area contributed by atoms with Gasteiger partial charge in [0.25, 0.3) is 0 Å². The average molecular weight is 241 g/mol. The highest BCUT2D eigenvalue weighted by atomic mass is 16.5. The smallest absolute Gasteiger partial charge is 0.0816 e. The summed E-state index contributed by atoms with van der Waals surface area (Å²) in [4.78, 5) is 0. The standard InChI is InChI=1S/C14H27NO2/c1-13(2)9-6-12(17-13)10-16-11-14(15)7-4-3-5-8-14/h12H,3-11,15H2,1-2H3. The molecule has 1 aliphatic carbocycles. The molecule has 1 unspecified atom stereocenters. The van der Waals surface area contributed by atoms with Crippen LogP contribution in [0.2, 0.25) is 0 Å². The monoisotopic (exact) mass is 241 g/mol. The molecule has 3 nitrogen and oxygen atoms in total. The second-order valence-corrected chi connectivity index (χ2v) is 6.48. The maximum atomic E-state index is 6.33. The van der Waals surface area contributed by atoms with Gasteiger partial charge in [0.15, 0.2) is 0 Å². The summed E-state index contributed by atoms with van der Waals surface area (Å²) < 4.78 is 11.7. The summed E-state index contributed by atoms with van der Waals surface area (Å²) in [5.41, 5.74) is 6.31. The molecule has 100 valence electrons. The molecular weight excluding hydrogens is 214 g/mol. The van der Waals surface area contributed by atoms with Crippen LogP contribution >= 0.6 is 0 Å². The Morgan fingerprint density at radius 2 is 1.88 bits per heavy atom. The van der Waals surface area contributed by atoms with Gasteiger partial charge in [-0.15, -0.1) is 0 Å². The minimum atomic E-state index is -0.0631. The van der Waals surface area contributed by atoms with E-state index in [0.717, 1.165) is 25.7 Å². The van der Waals surface area contributed by atoms with Crippen LogP contribution in [-0.4, -0.2) is 30.5 Å². The summed E-state index contributed by atoms with van der Waals surface area (Å²) in [6.07, 6.45) is 8.60. The van der Waals surface area contributed by atoms with E-state index < -0.39 is 0 Å². The first kappa shape index (κ1) is 13.3. The molecule has 0 bridgehead atoms. The minimum Gasteiger partial charge on any atom is -0.377 e. The highest BCUT2D eigenvalue weighted by Gasteiger charge is 2.33. The Balaban J connectivity index is 1.66. The molecule has 2 fully saturated rings. The minimum absolute atomic E-state index is 0.0409. The zero-order valence-corrected chi connectivity index (χ0v) is 11.3. The van der Waals surface area contributed by atoms with Gasteiger partial charge in [0.2, 0.25) is 0 Å². The summed E-state index contributed by atoms with van der Waals surface area (Å²) in [7, 11) is 0. The van der Waals surface area contributed by atoms with E-state index >= 15 is 0 Å². The largest absolute Gasteiger partial charge is 0.377 e. The van der Waals surface area contributed by atoms with Gasteiger partial charge in [-0.05, 0) is 39.5 Å². The van der Waals surface area contributed by atoms with E-state index in [1.54, 1.807) is 0 Å². The van der Waals surface area contributed by atoms with Crippen molar-refractivity contribution in [3.8, 4) is 0 Å². The third-order valence-electron chi connectivity index (χ3n) is 4.10. The Hall–Kier alpha value is -0.120. The lowest BCUT2D eigenvalue weighted by Gasteiger charge is -2.33. The zero-order chi connectivity index (χ0) is 12.4. The number of hydrogen-bond donors (Lipinski definition) is 1. The van der Waals surface area contributed by atoms with Crippen LogP contribution in [0.15, 0.2) is 0 Å². The van der Waals surface area contributed by atoms with E-state index in [0.29, 0.717) is 13.2 Å². The van der Waals surface area contributed by atoms with Crippen LogP contribution in [0.25, 0.3) is 0 Å². The Morgan fingerprint density at radius 1 is 1.18 bits per heavy atom. The Morgan fingerprint density at radius 3 is 2.47 bits per heavy atom. The predicted molar refractivity (Wildman–Crippen MR) is 69.0 cm³/mol. The first-order valence-electron chi connectivity index (χ1n) is 7.04. The van der Waals surface area contributed by atoms with Crippen molar-refractivity contribution < 1.29 is 9.47 Å². The lowest BCUT2D eigenvalue weighted by molar-refractivity contribution is -0.0612. The molecule has 2 aliphatic rings. The molecule has 2 rings (SSSR count). The van der Waals surface area contributed by atoms with Crippen LogP contribution in [0.5, 0.6) is 0 Å². The van der Waals surface area contributed by atoms with Crippen LogP contribution < -0.4 is 5.73 Å². The topological polar surface area (TPSA) is 44.5 Å². The van der Waals surface area contributed by atoms with Gasteiger partial charge in [-0.2, -0.15) is 0 Å². The molecule has 1 aliphatic heterocycles. The van der Waals surface area contributed by atoms with E-state index in [-0.39, 0.29) is 17.2 Å². The van der Waals surface area contributed by atoms with E-state index in [4.69, 9.17) is 15.2 Å². The van der Waals surface area contributed by atoms with Crippen LogP contribution in [-0.2, 0) is 9.47 Å². The SMILES string of the molecule is CC1(C)CCC(COCC2(N)CCCCC2)O1. The van der Waals surface area contributed by atoms with Crippen molar-refractivity contribution in [2.75, 3.05) is 13.2 Å². The molecule has 1 atom stereocenters. The van der Waals surface area contributed by atoms with Gasteiger partial charge >= 0.3 is 0 Å². The molecule has 17 heavy (non-hydrogen) atoms. The summed E-state index contributed by atoms with van der Waals surface area (Å²) in [6.45, 7) is 5.72. The molecule has 0 aromatic rings. The van der Waals surface area contributed by atoms with Crippen LogP contribution in [0, 0.1) is 0 Å². The molecule has 0 radical (unpaired) electrons. The molecule has 3 heteroatoms. The Bertz CT molecular complexity index is 247. The van der Waals surface area contributed by atoms with Gasteiger partial charge in [-0.3, -0.25) is 0 Å². The third-order valence-corrected chi connectivity index (χ3v) is 4.10. The highest BCUT2D eigenvalue weighted by Crippen LogP contribution is 2.30. The lowest BCUT2D eigenvalue weighted by atomic mass is 9.83. The van der Waals surface area contributed by atoms with E-state index in [9.17, 15) is 0 Å². The van der Waals surface area contributed by atoms with Gasteiger partial charge < -0.3 is 15.2 Å². The number of nitrogens with two attached hydrogens (primary N) is 1. The van der Waals surface area contributed by atoms with Crippen LogP contribution in [0.4, 0.5) is 0 Å². The first-order valence-corrected chi connectivity index (χ1v) is 7.04. The Kier molecular flexibility index (Phi) is 4.11. The molecule has 2 N–H and O–H groups in total. The lowest BCUT2D eigenvalue weighted by Crippen LogP contribution is -2.46. The second kappa shape index (κ2) is 5.25. The number of ether oxygens (including phenoxy) is 2. The normalized spacial score (nSPS) is 31.6. The van der Waals surface area contributed by atoms with Crippen molar-refractivity contribution in [1.82, 2.24) is 0 Å². The molecule has 0 aromatic carbocycles. The highest BCUT2D eigenvalue weighted by molar-refractivity contribution is 4.87. The summed E-state index contributed by atoms with van der Waals surface area (Å²) in [5, 5.41) is 0. The molecule has 0 spiro atoms. The molecule has 0 aromatic heterocycles. The van der Waals surface area contributed by atoms with E-state index in [1.807, 2.05) is 0 Å². The fourth-order valence-electron chi connectivity index (χ4n) is 2.99. The maximum Gasteiger partial charge on any atom is 0.0816 e. The summed E-state index contributed by atoms with van der Waals surface area (Å²) in [5.74, 6) is 0. The van der Waals surface area contributed by atoms with Gasteiger partial charge in [-0.1, -0.05) is 19.3 Å². The van der Waals surface area contributed by atoms with Crippen molar-refractivity contribution in [3.05, 3.63) is 0 Å². The number of rotatable bonds is 4. The predicted octanol–water partition coefficient (Wildman–Crippen LogP) is 2.62. The van der Waals surface area contributed by atoms with Gasteiger partial charge in [0.05, 0.1) is 24.9 Å².